The molecule has 2 aromatic rings. The number of non-ortho nitro benzene ring substituents is 1. The number of nitrogens with one attached hydrogen (secondary N) is 2. The lowest BCUT2D eigenvalue weighted by molar-refractivity contribution is -0.384. The number of amides is 1. The maximum atomic E-state index is 12.1. The lowest BCUT2D eigenvalue weighted by Gasteiger charge is -2.19. The van der Waals surface area contributed by atoms with Crippen LogP contribution in [0.5, 0.6) is 11.5 Å². The average molecular weight is 446 g/mol. The quantitative estimate of drug-likeness (QED) is 0.265. The summed E-state index contributed by atoms with van der Waals surface area (Å²) in [5.41, 5.74) is 1.48. The van der Waals surface area contributed by atoms with Gasteiger partial charge in [-0.15, -0.1) is 0 Å². The first-order valence-corrected chi connectivity index (χ1v) is 10.2. The Labute approximate surface area is 187 Å². The number of rotatable bonds is 8. The van der Waals surface area contributed by atoms with Gasteiger partial charge in [0, 0.05) is 18.6 Å². The molecule has 0 aliphatic carbocycles. The second-order valence-corrected chi connectivity index (χ2v) is 8.28. The van der Waals surface area contributed by atoms with Crippen molar-refractivity contribution in [1.82, 2.24) is 5.32 Å². The molecule has 31 heavy (non-hydrogen) atoms. The molecule has 0 heterocycles. The SMILES string of the molecule is COc1ccc([N+](=O)[O-])cc1NC(=S)NC(=O)CCCOc1ccc(C(C)(C)C)cc1. The van der Waals surface area contributed by atoms with Crippen LogP contribution in [0.1, 0.15) is 39.2 Å². The number of carbonyl (C=O) groups is 1. The number of hydrogen-bond acceptors (Lipinski definition) is 6. The molecule has 9 heteroatoms. The zero-order valence-electron chi connectivity index (χ0n) is 18.1. The van der Waals surface area contributed by atoms with Crippen LogP contribution < -0.4 is 20.1 Å². The third-order valence-corrected chi connectivity index (χ3v) is 4.64. The lowest BCUT2D eigenvalue weighted by Crippen LogP contribution is -2.34. The number of nitro benzene ring substituents is 1. The molecule has 0 saturated carbocycles. The minimum absolute atomic E-state index is 0.0301. The Bertz CT molecular complexity index is 939. The van der Waals surface area contributed by atoms with Crippen LogP contribution in [0.4, 0.5) is 11.4 Å². The third kappa shape index (κ3) is 7.53. The number of anilines is 1. The molecule has 0 saturated heterocycles. The highest BCUT2D eigenvalue weighted by molar-refractivity contribution is 7.80. The minimum atomic E-state index is -0.525. The molecule has 0 fully saturated rings. The van der Waals surface area contributed by atoms with E-state index in [-0.39, 0.29) is 28.5 Å². The highest BCUT2D eigenvalue weighted by Gasteiger charge is 2.14. The van der Waals surface area contributed by atoms with Gasteiger partial charge in [0.15, 0.2) is 5.11 Å². The van der Waals surface area contributed by atoms with Crippen molar-refractivity contribution in [2.45, 2.75) is 39.0 Å². The van der Waals surface area contributed by atoms with Gasteiger partial charge >= 0.3 is 0 Å². The molecule has 166 valence electrons. The van der Waals surface area contributed by atoms with E-state index in [9.17, 15) is 14.9 Å². The predicted octanol–water partition coefficient (Wildman–Crippen LogP) is 4.57. The Hall–Kier alpha value is -3.20. The highest BCUT2D eigenvalue weighted by atomic mass is 32.1. The van der Waals surface area contributed by atoms with Crippen molar-refractivity contribution in [3.8, 4) is 11.5 Å². The summed E-state index contributed by atoms with van der Waals surface area (Å²) in [7, 11) is 1.44. The van der Waals surface area contributed by atoms with Gasteiger partial charge in [-0.05, 0) is 47.8 Å². The van der Waals surface area contributed by atoms with Crippen LogP contribution in [-0.2, 0) is 10.2 Å². The van der Waals surface area contributed by atoms with Crippen LogP contribution in [-0.4, -0.2) is 29.7 Å². The van der Waals surface area contributed by atoms with Gasteiger partial charge in [-0.1, -0.05) is 32.9 Å². The van der Waals surface area contributed by atoms with Crippen LogP contribution in [0.3, 0.4) is 0 Å². The van der Waals surface area contributed by atoms with Crippen LogP contribution in [0.25, 0.3) is 0 Å². The molecule has 8 nitrogen and oxygen atoms in total. The van der Waals surface area contributed by atoms with Gasteiger partial charge in [0.1, 0.15) is 11.5 Å². The smallest absolute Gasteiger partial charge is 0.271 e. The van der Waals surface area contributed by atoms with Gasteiger partial charge in [0.25, 0.3) is 5.69 Å². The van der Waals surface area contributed by atoms with Gasteiger partial charge in [-0.2, -0.15) is 0 Å². The van der Waals surface area contributed by atoms with Crippen molar-refractivity contribution in [2.75, 3.05) is 19.0 Å². The summed E-state index contributed by atoms with van der Waals surface area (Å²) in [6, 6.07) is 12.0. The van der Waals surface area contributed by atoms with E-state index >= 15 is 0 Å². The van der Waals surface area contributed by atoms with Crippen LogP contribution >= 0.6 is 12.2 Å². The Morgan fingerprint density at radius 3 is 2.42 bits per heavy atom. The molecule has 0 aliphatic heterocycles. The van der Waals surface area contributed by atoms with Crippen molar-refractivity contribution in [3.05, 3.63) is 58.1 Å². The third-order valence-electron chi connectivity index (χ3n) is 4.43. The summed E-state index contributed by atoms with van der Waals surface area (Å²) in [6.07, 6.45) is 0.726. The Balaban J connectivity index is 1.78. The molecule has 0 aromatic heterocycles. The number of ether oxygens (including phenoxy) is 2. The van der Waals surface area contributed by atoms with E-state index in [1.54, 1.807) is 0 Å². The van der Waals surface area contributed by atoms with E-state index in [0.717, 1.165) is 5.75 Å². The van der Waals surface area contributed by atoms with Crippen LogP contribution in [0.15, 0.2) is 42.5 Å². The monoisotopic (exact) mass is 445 g/mol. The van der Waals surface area contributed by atoms with E-state index in [2.05, 4.69) is 31.4 Å². The van der Waals surface area contributed by atoms with E-state index in [4.69, 9.17) is 21.7 Å². The van der Waals surface area contributed by atoms with Gasteiger partial charge in [0.2, 0.25) is 5.91 Å². The number of nitro groups is 1. The first kappa shape index (κ1) is 24.1. The summed E-state index contributed by atoms with van der Waals surface area (Å²) in [5, 5.41) is 16.3. The van der Waals surface area contributed by atoms with E-state index in [1.807, 2.05) is 24.3 Å². The second-order valence-electron chi connectivity index (χ2n) is 7.87. The first-order chi connectivity index (χ1) is 14.6. The van der Waals surface area contributed by atoms with Gasteiger partial charge in [-0.3, -0.25) is 14.9 Å². The maximum absolute atomic E-state index is 12.1. The summed E-state index contributed by atoms with van der Waals surface area (Å²) in [6.45, 7) is 6.84. The number of thiocarbonyl (C=S) groups is 1. The molecular formula is C22H27N3O5S. The largest absolute Gasteiger partial charge is 0.495 e. The van der Waals surface area contributed by atoms with Gasteiger partial charge in [0.05, 0.1) is 24.3 Å². The van der Waals surface area contributed by atoms with Crippen molar-refractivity contribution in [3.63, 3.8) is 0 Å². The van der Waals surface area contributed by atoms with Crippen LogP contribution in [0.2, 0.25) is 0 Å². The average Bonchev–Trinajstić information content (AvgIpc) is 2.70. The van der Waals surface area contributed by atoms with Crippen molar-refractivity contribution in [1.29, 1.82) is 0 Å². The highest BCUT2D eigenvalue weighted by Crippen LogP contribution is 2.28. The van der Waals surface area contributed by atoms with E-state index in [1.165, 1.54) is 30.9 Å². The van der Waals surface area contributed by atoms with Crippen LogP contribution in [0, 0.1) is 10.1 Å². The van der Waals surface area contributed by atoms with Gasteiger partial charge < -0.3 is 20.1 Å². The number of nitrogens with zero attached hydrogens (tertiary/aromatic N) is 1. The molecule has 0 spiro atoms. The fourth-order valence-electron chi connectivity index (χ4n) is 2.72. The molecular weight excluding hydrogens is 418 g/mol. The Morgan fingerprint density at radius 1 is 1.16 bits per heavy atom. The lowest BCUT2D eigenvalue weighted by atomic mass is 9.87. The van der Waals surface area contributed by atoms with Gasteiger partial charge in [-0.25, -0.2) is 0 Å². The predicted molar refractivity (Wildman–Crippen MR) is 124 cm³/mol. The second kappa shape index (κ2) is 10.7. The fourth-order valence-corrected chi connectivity index (χ4v) is 2.95. The molecule has 0 bridgehead atoms. The number of methoxy groups -OCH3 is 1. The molecule has 1 amide bonds. The Kier molecular flexibility index (Phi) is 8.32. The summed E-state index contributed by atoms with van der Waals surface area (Å²) < 4.78 is 10.8. The minimum Gasteiger partial charge on any atom is -0.495 e. The van der Waals surface area contributed by atoms with Crippen molar-refractivity contribution >= 4 is 34.6 Å². The fraction of sp³-hybridized carbons (Fsp3) is 0.364. The number of hydrogen-bond donors (Lipinski definition) is 2. The summed E-state index contributed by atoms with van der Waals surface area (Å²) in [5.74, 6) is 0.838. The van der Waals surface area contributed by atoms with Crippen molar-refractivity contribution < 1.29 is 19.2 Å². The number of benzene rings is 2. The standard InChI is InChI=1S/C22H27N3O5S/c1-22(2,3)15-7-10-17(11-8-15)30-13-5-6-20(26)24-21(31)23-18-14-16(25(27)28)9-12-19(18)29-4/h7-12,14H,5-6,13H2,1-4H3,(H2,23,24,26,31). The zero-order chi connectivity index (χ0) is 23.0. The molecule has 0 aliphatic rings. The van der Waals surface area contributed by atoms with E-state index in [0.29, 0.717) is 24.5 Å². The Morgan fingerprint density at radius 2 is 1.84 bits per heavy atom. The molecule has 0 unspecified atom stereocenters. The van der Waals surface area contributed by atoms with Crippen molar-refractivity contribution in [2.24, 2.45) is 0 Å². The molecule has 0 atom stereocenters. The normalized spacial score (nSPS) is 10.8. The summed E-state index contributed by atoms with van der Waals surface area (Å²) >= 11 is 5.13. The van der Waals surface area contributed by atoms with E-state index < -0.39 is 4.92 Å². The maximum Gasteiger partial charge on any atom is 0.271 e. The molecule has 2 aromatic carbocycles. The summed E-state index contributed by atoms with van der Waals surface area (Å²) in [4.78, 5) is 22.5. The molecule has 2 N–H and O–H groups in total. The zero-order valence-corrected chi connectivity index (χ0v) is 18.9. The number of carbonyl (C=O) groups excluding carboxylic acids is 1. The molecule has 0 radical (unpaired) electrons. The topological polar surface area (TPSA) is 103 Å². The first-order valence-electron chi connectivity index (χ1n) is 9.77. The molecule has 2 rings (SSSR count).